The lowest BCUT2D eigenvalue weighted by Gasteiger charge is -2.25. The van der Waals surface area contributed by atoms with Gasteiger partial charge in [0.05, 0.1) is 0 Å². The van der Waals surface area contributed by atoms with E-state index in [0.29, 0.717) is 13.1 Å². The lowest BCUT2D eigenvalue weighted by Crippen LogP contribution is -2.47. The Kier molecular flexibility index (Phi) is 9.16. The largest absolute Gasteiger partial charge is 0.336 e. The Balaban J connectivity index is 4.11. The number of hydrogen-bond donors (Lipinski definition) is 1. The van der Waals surface area contributed by atoms with Gasteiger partial charge in [0.2, 0.25) is 0 Å². The summed E-state index contributed by atoms with van der Waals surface area (Å²) in [4.78, 5) is 27.9. The molecule has 0 saturated carbocycles. The van der Waals surface area contributed by atoms with Crippen LogP contribution in [0.3, 0.4) is 0 Å². The normalized spacial score (nSPS) is 12.6. The Labute approximate surface area is 116 Å². The summed E-state index contributed by atoms with van der Waals surface area (Å²) in [5.41, 5.74) is 0. The number of carbonyl (C=O) groups excluding carboxylic acids is 2. The molecule has 3 amide bonds. The Bertz CT molecular complexity index is 267. The average molecular weight is 271 g/mol. The summed E-state index contributed by atoms with van der Waals surface area (Å²) < 4.78 is 0. The number of nitrogens with zero attached hydrogens (tertiary/aromatic N) is 3. The molecule has 0 aliphatic carbocycles. The van der Waals surface area contributed by atoms with Crippen LogP contribution in [0.25, 0.3) is 0 Å². The molecule has 0 spiro atoms. The van der Waals surface area contributed by atoms with E-state index in [9.17, 15) is 9.59 Å². The van der Waals surface area contributed by atoms with Crippen LogP contribution in [-0.4, -0.2) is 80.0 Å². The van der Waals surface area contributed by atoms with Crippen molar-refractivity contribution in [2.24, 2.45) is 0 Å². The van der Waals surface area contributed by atoms with E-state index in [2.05, 4.69) is 24.1 Å². The summed E-state index contributed by atoms with van der Waals surface area (Å²) in [6, 6.07) is -0.272. The maximum Gasteiger partial charge on any atom is 0.324 e. The number of rotatable bonds is 9. The SMILES string of the molecule is CCN(CC)CCNC(=O)N([C]=O)CC(C)N(C)C. The van der Waals surface area contributed by atoms with Crippen molar-refractivity contribution in [3.05, 3.63) is 0 Å². The third-order valence-electron chi connectivity index (χ3n) is 3.28. The highest BCUT2D eigenvalue weighted by Gasteiger charge is 2.17. The molecule has 6 nitrogen and oxygen atoms in total. The number of amides is 3. The van der Waals surface area contributed by atoms with E-state index in [-0.39, 0.29) is 12.1 Å². The molecule has 111 valence electrons. The lowest BCUT2D eigenvalue weighted by molar-refractivity contribution is 0.201. The quantitative estimate of drug-likeness (QED) is 0.615. The van der Waals surface area contributed by atoms with Crippen molar-refractivity contribution in [3.63, 3.8) is 0 Å². The first kappa shape index (κ1) is 17.9. The third-order valence-corrected chi connectivity index (χ3v) is 3.28. The van der Waals surface area contributed by atoms with E-state index in [1.807, 2.05) is 25.9 Å². The van der Waals surface area contributed by atoms with Gasteiger partial charge in [-0.1, -0.05) is 13.8 Å². The van der Waals surface area contributed by atoms with Crippen molar-refractivity contribution >= 4 is 12.4 Å². The summed E-state index contributed by atoms with van der Waals surface area (Å²) in [5.74, 6) is 0. The second-order valence-corrected chi connectivity index (χ2v) is 4.77. The summed E-state index contributed by atoms with van der Waals surface area (Å²) in [7, 11) is 3.82. The monoisotopic (exact) mass is 271 g/mol. The molecule has 0 aliphatic heterocycles. The third kappa shape index (κ3) is 7.12. The number of urea groups is 1. The molecule has 0 aliphatic rings. The zero-order valence-electron chi connectivity index (χ0n) is 12.8. The van der Waals surface area contributed by atoms with Gasteiger partial charge in [-0.05, 0) is 34.1 Å². The molecule has 0 bridgehead atoms. The van der Waals surface area contributed by atoms with Gasteiger partial charge < -0.3 is 15.1 Å². The molecule has 0 heterocycles. The number of likely N-dealkylation sites (N-methyl/N-ethyl adjacent to an activating group) is 2. The van der Waals surface area contributed by atoms with Crippen molar-refractivity contribution in [1.29, 1.82) is 0 Å². The van der Waals surface area contributed by atoms with Gasteiger partial charge in [0.15, 0.2) is 0 Å². The van der Waals surface area contributed by atoms with Gasteiger partial charge in [-0.3, -0.25) is 9.69 Å². The van der Waals surface area contributed by atoms with Crippen molar-refractivity contribution in [1.82, 2.24) is 20.0 Å². The van der Waals surface area contributed by atoms with Crippen LogP contribution in [0.15, 0.2) is 0 Å². The predicted octanol–water partition coefficient (Wildman–Crippen LogP) is 0.357. The summed E-state index contributed by atoms with van der Waals surface area (Å²) in [6.07, 6.45) is 1.68. The highest BCUT2D eigenvalue weighted by Crippen LogP contribution is 1.96. The van der Waals surface area contributed by atoms with Crippen LogP contribution in [0.4, 0.5) is 4.79 Å². The molecule has 0 rings (SSSR count). The molecule has 6 heteroatoms. The highest BCUT2D eigenvalue weighted by atomic mass is 16.2. The van der Waals surface area contributed by atoms with Crippen LogP contribution in [0, 0.1) is 0 Å². The molecule has 0 aromatic rings. The number of imide groups is 1. The van der Waals surface area contributed by atoms with Crippen LogP contribution in [-0.2, 0) is 4.79 Å². The van der Waals surface area contributed by atoms with Gasteiger partial charge in [0.25, 0.3) is 0 Å². The Morgan fingerprint density at radius 3 is 2.26 bits per heavy atom. The number of nitrogens with one attached hydrogen (secondary N) is 1. The standard InChI is InChI=1S/C13H27N4O2/c1-6-16(7-2)9-8-14-13(19)17(11-18)10-12(3)15(4)5/h12H,6-10H2,1-5H3,(H,14,19). The first-order valence-corrected chi connectivity index (χ1v) is 6.78. The van der Waals surface area contributed by atoms with E-state index in [1.165, 1.54) is 0 Å². The first-order chi connectivity index (χ1) is 8.96. The fourth-order valence-electron chi connectivity index (χ4n) is 1.55. The fraction of sp³-hybridized carbons (Fsp3) is 0.846. The van der Waals surface area contributed by atoms with E-state index in [4.69, 9.17) is 0 Å². The van der Waals surface area contributed by atoms with Crippen LogP contribution in [0.2, 0.25) is 0 Å². The topological polar surface area (TPSA) is 55.9 Å². The molecule has 0 fully saturated rings. The van der Waals surface area contributed by atoms with Crippen molar-refractivity contribution in [3.8, 4) is 0 Å². The minimum atomic E-state index is -0.379. The van der Waals surface area contributed by atoms with Crippen molar-refractivity contribution in [2.75, 3.05) is 46.8 Å². The van der Waals surface area contributed by atoms with Crippen LogP contribution in [0.5, 0.6) is 0 Å². The van der Waals surface area contributed by atoms with Gasteiger partial charge in [-0.15, -0.1) is 0 Å². The van der Waals surface area contributed by atoms with Crippen molar-refractivity contribution < 1.29 is 9.59 Å². The second-order valence-electron chi connectivity index (χ2n) is 4.77. The van der Waals surface area contributed by atoms with Gasteiger partial charge in [-0.2, -0.15) is 0 Å². The van der Waals surface area contributed by atoms with E-state index in [1.54, 1.807) is 6.41 Å². The minimum Gasteiger partial charge on any atom is -0.336 e. The molecule has 0 aromatic carbocycles. The predicted molar refractivity (Wildman–Crippen MR) is 76.7 cm³/mol. The Morgan fingerprint density at radius 2 is 1.84 bits per heavy atom. The highest BCUT2D eigenvalue weighted by molar-refractivity contribution is 5.84. The summed E-state index contributed by atoms with van der Waals surface area (Å²) in [5, 5.41) is 2.74. The van der Waals surface area contributed by atoms with Crippen molar-refractivity contribution in [2.45, 2.75) is 26.8 Å². The maximum atomic E-state index is 11.8. The molecule has 1 radical (unpaired) electrons. The molecular formula is C13H27N4O2. The van der Waals surface area contributed by atoms with E-state index < -0.39 is 0 Å². The summed E-state index contributed by atoms with van der Waals surface area (Å²) in [6.45, 7) is 9.68. The first-order valence-electron chi connectivity index (χ1n) is 6.78. The molecule has 0 saturated heterocycles. The zero-order valence-corrected chi connectivity index (χ0v) is 12.8. The van der Waals surface area contributed by atoms with Gasteiger partial charge in [0, 0.05) is 25.7 Å². The van der Waals surface area contributed by atoms with Gasteiger partial charge in [-0.25, -0.2) is 4.79 Å². The lowest BCUT2D eigenvalue weighted by atomic mass is 10.3. The maximum absolute atomic E-state index is 11.8. The average Bonchev–Trinajstić information content (AvgIpc) is 2.40. The smallest absolute Gasteiger partial charge is 0.324 e. The van der Waals surface area contributed by atoms with Crippen LogP contribution >= 0.6 is 0 Å². The molecule has 1 N–H and O–H groups in total. The zero-order chi connectivity index (χ0) is 14.8. The molecule has 1 atom stereocenters. The summed E-state index contributed by atoms with van der Waals surface area (Å²) >= 11 is 0. The number of carbonyl (C=O) groups is 1. The van der Waals surface area contributed by atoms with Gasteiger partial charge in [0.1, 0.15) is 0 Å². The van der Waals surface area contributed by atoms with Crippen LogP contribution in [0.1, 0.15) is 20.8 Å². The fourth-order valence-corrected chi connectivity index (χ4v) is 1.55. The molecule has 19 heavy (non-hydrogen) atoms. The van der Waals surface area contributed by atoms with E-state index >= 15 is 0 Å². The van der Waals surface area contributed by atoms with E-state index in [0.717, 1.165) is 24.5 Å². The molecular weight excluding hydrogens is 244 g/mol. The Morgan fingerprint density at radius 1 is 1.26 bits per heavy atom. The van der Waals surface area contributed by atoms with Gasteiger partial charge >= 0.3 is 12.4 Å². The van der Waals surface area contributed by atoms with Crippen LogP contribution < -0.4 is 5.32 Å². The number of hydrogen-bond acceptors (Lipinski definition) is 4. The Hall–Kier alpha value is -1.14. The molecule has 0 aromatic heterocycles. The second kappa shape index (κ2) is 9.75. The minimum absolute atomic E-state index is 0.106. The molecule has 1 unspecified atom stereocenters.